The first-order chi connectivity index (χ1) is 7.24. The lowest BCUT2D eigenvalue weighted by Crippen LogP contribution is -2.45. The predicted molar refractivity (Wildman–Crippen MR) is 62.2 cm³/mol. The normalized spacial score (nSPS) is 19.6. The van der Waals surface area contributed by atoms with Crippen molar-refractivity contribution in [3.63, 3.8) is 0 Å². The van der Waals surface area contributed by atoms with Gasteiger partial charge in [0.1, 0.15) is 9.34 Å². The van der Waals surface area contributed by atoms with Crippen LogP contribution in [0.3, 0.4) is 0 Å². The summed E-state index contributed by atoms with van der Waals surface area (Å²) >= 11 is 7.29. The third-order valence-corrected chi connectivity index (χ3v) is 4.12. The van der Waals surface area contributed by atoms with Crippen LogP contribution < -0.4 is 5.32 Å². The van der Waals surface area contributed by atoms with Gasteiger partial charge < -0.3 is 10.4 Å². The lowest BCUT2D eigenvalue weighted by molar-refractivity contribution is 0.163. The monoisotopic (exact) mass is 246 g/mol. The molecule has 1 saturated carbocycles. The van der Waals surface area contributed by atoms with E-state index in [2.05, 4.69) is 10.3 Å². The Bertz CT molecular complexity index is 323. The predicted octanol–water partition coefficient (Wildman–Crippen LogP) is 2.19. The topological polar surface area (TPSA) is 45.1 Å². The summed E-state index contributed by atoms with van der Waals surface area (Å²) in [5, 5.41) is 13.8. The second-order valence-electron chi connectivity index (χ2n) is 4.06. The maximum atomic E-state index is 9.39. The van der Waals surface area contributed by atoms with Gasteiger partial charge in [0.25, 0.3) is 0 Å². The Morgan fingerprint density at radius 3 is 2.80 bits per heavy atom. The van der Waals surface area contributed by atoms with Crippen molar-refractivity contribution >= 4 is 22.9 Å². The van der Waals surface area contributed by atoms with Gasteiger partial charge in [-0.1, -0.05) is 24.4 Å². The van der Waals surface area contributed by atoms with E-state index in [4.69, 9.17) is 11.6 Å². The Morgan fingerprint density at radius 1 is 1.53 bits per heavy atom. The molecule has 0 bridgehead atoms. The summed E-state index contributed by atoms with van der Waals surface area (Å²) in [6.45, 7) is 0.921. The average Bonchev–Trinajstić information content (AvgIpc) is 2.85. The van der Waals surface area contributed by atoms with Crippen LogP contribution in [0.25, 0.3) is 0 Å². The Kier molecular flexibility index (Phi) is 3.61. The van der Waals surface area contributed by atoms with Crippen molar-refractivity contribution in [3.05, 3.63) is 15.5 Å². The molecule has 1 aliphatic carbocycles. The van der Waals surface area contributed by atoms with Gasteiger partial charge in [0, 0.05) is 12.1 Å². The van der Waals surface area contributed by atoms with Crippen LogP contribution in [0.1, 0.15) is 30.7 Å². The fourth-order valence-electron chi connectivity index (χ4n) is 2.08. The van der Waals surface area contributed by atoms with Crippen LogP contribution in [-0.2, 0) is 6.54 Å². The van der Waals surface area contributed by atoms with Crippen LogP contribution in [0.15, 0.2) is 6.20 Å². The van der Waals surface area contributed by atoms with Crippen LogP contribution >= 0.6 is 22.9 Å². The number of aromatic nitrogens is 1. The summed E-state index contributed by atoms with van der Waals surface area (Å²) in [6.07, 6.45) is 6.19. The van der Waals surface area contributed by atoms with E-state index in [0.29, 0.717) is 6.54 Å². The molecule has 3 nitrogen and oxygen atoms in total. The molecule has 0 aromatic carbocycles. The Labute approximate surface area is 98.5 Å². The summed E-state index contributed by atoms with van der Waals surface area (Å²) < 4.78 is 0.719. The molecular weight excluding hydrogens is 232 g/mol. The quantitative estimate of drug-likeness (QED) is 0.856. The van der Waals surface area contributed by atoms with Crippen molar-refractivity contribution in [1.29, 1.82) is 0 Å². The minimum atomic E-state index is -0.0713. The average molecular weight is 247 g/mol. The first-order valence-corrected chi connectivity index (χ1v) is 6.40. The standard InChI is InChI=1S/C10H15ClN2OS/c11-8-5-12-9(15-8)6-13-10(7-14)3-1-2-4-10/h5,13-14H,1-4,6-7H2. The Morgan fingerprint density at radius 2 is 2.27 bits per heavy atom. The van der Waals surface area contributed by atoms with Gasteiger partial charge in [-0.25, -0.2) is 4.98 Å². The van der Waals surface area contributed by atoms with E-state index < -0.39 is 0 Å². The van der Waals surface area contributed by atoms with Gasteiger partial charge in [-0.15, -0.1) is 11.3 Å². The van der Waals surface area contributed by atoms with E-state index in [0.717, 1.165) is 22.2 Å². The SMILES string of the molecule is OCC1(NCc2ncc(Cl)s2)CCCC1. The van der Waals surface area contributed by atoms with Crippen molar-refractivity contribution in [1.82, 2.24) is 10.3 Å². The van der Waals surface area contributed by atoms with Crippen molar-refractivity contribution in [2.24, 2.45) is 0 Å². The smallest absolute Gasteiger partial charge is 0.113 e. The van der Waals surface area contributed by atoms with Crippen LogP contribution in [-0.4, -0.2) is 22.2 Å². The zero-order valence-electron chi connectivity index (χ0n) is 8.50. The van der Waals surface area contributed by atoms with E-state index >= 15 is 0 Å². The highest BCUT2D eigenvalue weighted by molar-refractivity contribution is 7.15. The highest BCUT2D eigenvalue weighted by atomic mass is 35.5. The van der Waals surface area contributed by atoms with Gasteiger partial charge >= 0.3 is 0 Å². The lowest BCUT2D eigenvalue weighted by atomic mass is 9.99. The number of hydrogen-bond acceptors (Lipinski definition) is 4. The zero-order valence-corrected chi connectivity index (χ0v) is 10.1. The molecule has 84 valence electrons. The molecule has 2 rings (SSSR count). The molecule has 1 aromatic rings. The molecule has 1 aliphatic rings. The maximum absolute atomic E-state index is 9.39. The molecule has 0 radical (unpaired) electrons. The fourth-order valence-corrected chi connectivity index (χ4v) is 2.97. The zero-order chi connectivity index (χ0) is 10.7. The second-order valence-corrected chi connectivity index (χ2v) is 5.80. The summed E-state index contributed by atoms with van der Waals surface area (Å²) in [6, 6.07) is 0. The minimum absolute atomic E-state index is 0.0713. The van der Waals surface area contributed by atoms with Gasteiger partial charge in [-0.3, -0.25) is 0 Å². The molecule has 0 spiro atoms. The second kappa shape index (κ2) is 4.78. The summed E-state index contributed by atoms with van der Waals surface area (Å²) in [5.74, 6) is 0. The number of aliphatic hydroxyl groups is 1. The van der Waals surface area contributed by atoms with Crippen molar-refractivity contribution in [3.8, 4) is 0 Å². The summed E-state index contributed by atoms with van der Waals surface area (Å²) in [7, 11) is 0. The third kappa shape index (κ3) is 2.69. The largest absolute Gasteiger partial charge is 0.394 e. The van der Waals surface area contributed by atoms with E-state index in [1.54, 1.807) is 6.20 Å². The number of hydrogen-bond donors (Lipinski definition) is 2. The number of aliphatic hydroxyl groups excluding tert-OH is 1. The van der Waals surface area contributed by atoms with Crippen molar-refractivity contribution in [2.45, 2.75) is 37.8 Å². The van der Waals surface area contributed by atoms with E-state index in [1.807, 2.05) is 0 Å². The fraction of sp³-hybridized carbons (Fsp3) is 0.700. The molecule has 15 heavy (non-hydrogen) atoms. The van der Waals surface area contributed by atoms with Crippen LogP contribution in [0.4, 0.5) is 0 Å². The van der Waals surface area contributed by atoms with Crippen LogP contribution in [0, 0.1) is 0 Å². The van der Waals surface area contributed by atoms with Crippen LogP contribution in [0.2, 0.25) is 4.34 Å². The van der Waals surface area contributed by atoms with Gasteiger partial charge in [0.15, 0.2) is 0 Å². The first kappa shape index (κ1) is 11.3. The van der Waals surface area contributed by atoms with E-state index in [-0.39, 0.29) is 12.1 Å². The number of rotatable bonds is 4. The van der Waals surface area contributed by atoms with Crippen LogP contribution in [0.5, 0.6) is 0 Å². The van der Waals surface area contributed by atoms with Gasteiger partial charge in [0.05, 0.1) is 12.8 Å². The molecule has 0 aliphatic heterocycles. The first-order valence-electron chi connectivity index (χ1n) is 5.20. The number of nitrogens with one attached hydrogen (secondary N) is 1. The Balaban J connectivity index is 1.91. The number of halogens is 1. The van der Waals surface area contributed by atoms with E-state index in [9.17, 15) is 5.11 Å². The molecule has 1 heterocycles. The van der Waals surface area contributed by atoms with Crippen molar-refractivity contribution in [2.75, 3.05) is 6.61 Å². The molecule has 0 saturated heterocycles. The molecule has 1 aromatic heterocycles. The van der Waals surface area contributed by atoms with E-state index in [1.165, 1.54) is 24.2 Å². The lowest BCUT2D eigenvalue weighted by Gasteiger charge is -2.27. The van der Waals surface area contributed by atoms with Crippen molar-refractivity contribution < 1.29 is 5.11 Å². The molecular formula is C10H15ClN2OS. The molecule has 0 unspecified atom stereocenters. The van der Waals surface area contributed by atoms with Gasteiger partial charge in [0.2, 0.25) is 0 Å². The minimum Gasteiger partial charge on any atom is -0.394 e. The maximum Gasteiger partial charge on any atom is 0.113 e. The number of nitrogens with zero attached hydrogens (tertiary/aromatic N) is 1. The van der Waals surface area contributed by atoms with Gasteiger partial charge in [-0.05, 0) is 12.8 Å². The summed E-state index contributed by atoms with van der Waals surface area (Å²) in [4.78, 5) is 4.18. The third-order valence-electron chi connectivity index (χ3n) is 3.00. The highest BCUT2D eigenvalue weighted by Crippen LogP contribution is 2.29. The number of thiazole rings is 1. The highest BCUT2D eigenvalue weighted by Gasteiger charge is 2.32. The van der Waals surface area contributed by atoms with Gasteiger partial charge in [-0.2, -0.15) is 0 Å². The Hall–Kier alpha value is -0.160. The molecule has 0 atom stereocenters. The molecule has 5 heteroatoms. The summed E-state index contributed by atoms with van der Waals surface area (Å²) in [5.41, 5.74) is -0.0713. The molecule has 0 amide bonds. The molecule has 1 fully saturated rings. The molecule has 2 N–H and O–H groups in total.